The smallest absolute Gasteiger partial charge is 0.427 e. The maximum atomic E-state index is 12.0. The lowest BCUT2D eigenvalue weighted by Gasteiger charge is -2.16. The van der Waals surface area contributed by atoms with Crippen LogP contribution in [0.15, 0.2) is 30.3 Å². The summed E-state index contributed by atoms with van der Waals surface area (Å²) in [7, 11) is -1.33. The fourth-order valence-corrected chi connectivity index (χ4v) is 1.98. The predicted octanol–water partition coefficient (Wildman–Crippen LogP) is 0.375. The minimum absolute atomic E-state index is 0.0382. The average molecular weight is 219 g/mol. The molecular formula is C11H14BNO3. The SMILES string of the molecule is O=C(c1ccccc1)N1CCC(B(O)O)C1. The number of likely N-dealkylation sites (tertiary alicyclic amines) is 1. The Morgan fingerprint density at radius 3 is 2.56 bits per heavy atom. The summed E-state index contributed by atoms with van der Waals surface area (Å²) in [6.07, 6.45) is 0.649. The van der Waals surface area contributed by atoms with Gasteiger partial charge in [-0.3, -0.25) is 4.79 Å². The standard InChI is InChI=1S/C11H14BNO3/c14-11(9-4-2-1-3-5-9)13-7-6-10(8-13)12(15)16/h1-5,10,15-16H,6-8H2. The zero-order chi connectivity index (χ0) is 11.5. The van der Waals surface area contributed by atoms with Crippen LogP contribution in [0.3, 0.4) is 0 Å². The molecule has 1 aliphatic rings. The van der Waals surface area contributed by atoms with Crippen LogP contribution in [0.1, 0.15) is 16.8 Å². The molecule has 16 heavy (non-hydrogen) atoms. The van der Waals surface area contributed by atoms with Crippen LogP contribution in [0.5, 0.6) is 0 Å². The van der Waals surface area contributed by atoms with Crippen LogP contribution in [-0.2, 0) is 0 Å². The molecule has 0 bridgehead atoms. The minimum atomic E-state index is -1.33. The molecule has 1 aromatic carbocycles. The summed E-state index contributed by atoms with van der Waals surface area (Å²) in [6.45, 7) is 1.02. The highest BCUT2D eigenvalue weighted by Crippen LogP contribution is 2.24. The van der Waals surface area contributed by atoms with Crippen molar-refractivity contribution in [1.82, 2.24) is 4.90 Å². The summed E-state index contributed by atoms with van der Waals surface area (Å²) >= 11 is 0. The Bertz CT molecular complexity index is 369. The molecule has 1 aliphatic heterocycles. The first kappa shape index (κ1) is 11.2. The van der Waals surface area contributed by atoms with Crippen LogP contribution in [0.2, 0.25) is 5.82 Å². The maximum absolute atomic E-state index is 12.0. The van der Waals surface area contributed by atoms with E-state index in [0.717, 1.165) is 0 Å². The molecule has 1 unspecified atom stereocenters. The zero-order valence-corrected chi connectivity index (χ0v) is 8.91. The van der Waals surface area contributed by atoms with Crippen molar-refractivity contribution >= 4 is 13.0 Å². The van der Waals surface area contributed by atoms with E-state index in [2.05, 4.69) is 0 Å². The molecule has 1 heterocycles. The van der Waals surface area contributed by atoms with Crippen molar-refractivity contribution < 1.29 is 14.8 Å². The van der Waals surface area contributed by atoms with Crippen molar-refractivity contribution in [3.63, 3.8) is 0 Å². The highest BCUT2D eigenvalue weighted by atomic mass is 16.4. The van der Waals surface area contributed by atoms with Crippen molar-refractivity contribution in [2.45, 2.75) is 12.2 Å². The van der Waals surface area contributed by atoms with Gasteiger partial charge in [0.2, 0.25) is 0 Å². The van der Waals surface area contributed by atoms with Gasteiger partial charge < -0.3 is 14.9 Å². The van der Waals surface area contributed by atoms with Crippen molar-refractivity contribution in [3.8, 4) is 0 Å². The van der Waals surface area contributed by atoms with Gasteiger partial charge in [-0.2, -0.15) is 0 Å². The lowest BCUT2D eigenvalue weighted by Crippen LogP contribution is -2.30. The van der Waals surface area contributed by atoms with Crippen molar-refractivity contribution in [2.75, 3.05) is 13.1 Å². The lowest BCUT2D eigenvalue weighted by atomic mass is 9.72. The number of carbonyl (C=O) groups excluding carboxylic acids is 1. The Balaban J connectivity index is 2.03. The zero-order valence-electron chi connectivity index (χ0n) is 8.91. The minimum Gasteiger partial charge on any atom is -0.427 e. The first-order chi connectivity index (χ1) is 7.68. The third kappa shape index (κ3) is 2.26. The van der Waals surface area contributed by atoms with Gasteiger partial charge in [0.05, 0.1) is 0 Å². The number of carbonyl (C=O) groups is 1. The number of amides is 1. The van der Waals surface area contributed by atoms with E-state index in [4.69, 9.17) is 10.0 Å². The van der Waals surface area contributed by atoms with Gasteiger partial charge in [0.15, 0.2) is 0 Å². The summed E-state index contributed by atoms with van der Waals surface area (Å²) < 4.78 is 0. The quantitative estimate of drug-likeness (QED) is 0.706. The van der Waals surface area contributed by atoms with Gasteiger partial charge in [0.25, 0.3) is 5.91 Å². The van der Waals surface area contributed by atoms with Crippen molar-refractivity contribution in [3.05, 3.63) is 35.9 Å². The van der Waals surface area contributed by atoms with Gasteiger partial charge in [-0.05, 0) is 18.6 Å². The first-order valence-corrected chi connectivity index (χ1v) is 5.39. The fraction of sp³-hybridized carbons (Fsp3) is 0.364. The monoisotopic (exact) mass is 219 g/mol. The third-order valence-electron chi connectivity index (χ3n) is 2.95. The molecule has 1 saturated heterocycles. The summed E-state index contributed by atoms with van der Waals surface area (Å²) in [6, 6.07) is 9.04. The Labute approximate surface area is 94.7 Å². The third-order valence-corrected chi connectivity index (χ3v) is 2.95. The Morgan fingerprint density at radius 1 is 1.31 bits per heavy atom. The highest BCUT2D eigenvalue weighted by molar-refractivity contribution is 6.43. The maximum Gasteiger partial charge on any atom is 0.456 e. The molecule has 1 fully saturated rings. The summed E-state index contributed by atoms with van der Waals surface area (Å²) in [4.78, 5) is 13.6. The van der Waals surface area contributed by atoms with Crippen LogP contribution in [0.4, 0.5) is 0 Å². The van der Waals surface area contributed by atoms with E-state index in [1.54, 1.807) is 17.0 Å². The predicted molar refractivity (Wildman–Crippen MR) is 60.9 cm³/mol. The number of benzene rings is 1. The molecule has 5 heteroatoms. The molecule has 1 atom stereocenters. The number of hydrogen-bond donors (Lipinski definition) is 2. The largest absolute Gasteiger partial charge is 0.456 e. The molecule has 2 N–H and O–H groups in total. The van der Waals surface area contributed by atoms with Crippen LogP contribution in [0, 0.1) is 0 Å². The Kier molecular flexibility index (Phi) is 3.26. The summed E-state index contributed by atoms with van der Waals surface area (Å²) in [5.74, 6) is -0.253. The van der Waals surface area contributed by atoms with E-state index in [-0.39, 0.29) is 11.7 Å². The second kappa shape index (κ2) is 4.68. The number of rotatable bonds is 2. The topological polar surface area (TPSA) is 60.8 Å². The van der Waals surface area contributed by atoms with Gasteiger partial charge in [-0.15, -0.1) is 0 Å². The van der Waals surface area contributed by atoms with Gasteiger partial charge in [-0.1, -0.05) is 18.2 Å². The molecule has 0 aliphatic carbocycles. The molecule has 0 spiro atoms. The summed E-state index contributed by atoms with van der Waals surface area (Å²) in [5, 5.41) is 18.1. The first-order valence-electron chi connectivity index (χ1n) is 5.39. The number of nitrogens with zero attached hydrogens (tertiary/aromatic N) is 1. The molecule has 2 rings (SSSR count). The second-order valence-corrected chi connectivity index (χ2v) is 4.08. The lowest BCUT2D eigenvalue weighted by molar-refractivity contribution is 0.0792. The molecule has 0 aromatic heterocycles. The van der Waals surface area contributed by atoms with Crippen LogP contribution >= 0.6 is 0 Å². The van der Waals surface area contributed by atoms with E-state index < -0.39 is 7.12 Å². The van der Waals surface area contributed by atoms with Crippen LogP contribution in [-0.4, -0.2) is 41.1 Å². The molecule has 4 nitrogen and oxygen atoms in total. The molecule has 1 amide bonds. The van der Waals surface area contributed by atoms with Gasteiger partial charge in [0.1, 0.15) is 0 Å². The van der Waals surface area contributed by atoms with E-state index in [1.165, 1.54) is 0 Å². The summed E-state index contributed by atoms with van der Waals surface area (Å²) in [5.41, 5.74) is 0.649. The molecular weight excluding hydrogens is 205 g/mol. The van der Waals surface area contributed by atoms with Crippen molar-refractivity contribution in [1.29, 1.82) is 0 Å². The van der Waals surface area contributed by atoms with Gasteiger partial charge in [-0.25, -0.2) is 0 Å². The molecule has 0 radical (unpaired) electrons. The Hall–Kier alpha value is -1.33. The molecule has 0 saturated carbocycles. The van der Waals surface area contributed by atoms with E-state index in [0.29, 0.717) is 25.1 Å². The second-order valence-electron chi connectivity index (χ2n) is 4.08. The van der Waals surface area contributed by atoms with Crippen LogP contribution in [0.25, 0.3) is 0 Å². The normalized spacial score (nSPS) is 19.9. The van der Waals surface area contributed by atoms with Gasteiger partial charge in [0, 0.05) is 24.5 Å². The van der Waals surface area contributed by atoms with Crippen LogP contribution < -0.4 is 0 Å². The van der Waals surface area contributed by atoms with E-state index >= 15 is 0 Å². The highest BCUT2D eigenvalue weighted by Gasteiger charge is 2.33. The number of hydrogen-bond acceptors (Lipinski definition) is 3. The van der Waals surface area contributed by atoms with E-state index in [9.17, 15) is 4.79 Å². The fourth-order valence-electron chi connectivity index (χ4n) is 1.98. The molecule has 1 aromatic rings. The van der Waals surface area contributed by atoms with Crippen molar-refractivity contribution in [2.24, 2.45) is 0 Å². The average Bonchev–Trinajstić information content (AvgIpc) is 2.78. The Morgan fingerprint density at radius 2 is 2.00 bits per heavy atom. The van der Waals surface area contributed by atoms with E-state index in [1.807, 2.05) is 18.2 Å². The molecule has 84 valence electrons. The van der Waals surface area contributed by atoms with Gasteiger partial charge >= 0.3 is 7.12 Å².